The SMILES string of the molecule is CC(C)(C)c1cc(-c2ccc3c(c2)-c2cc4[nH]c(cc5nc(cc6[nH]c(cc-3n2)c2cc(-c3cc(C(C)(C)C)c(O)c(C(C)(C)C)c3)ccc62)-c2cc(-c3cc(C(C)(C)C)c(O)c(C(C)(C)C)c3)ccc2-5)c2cc(-c3cc(C(C)(C)C)c(O)c(C(C)(C)C)c3)ccc42)cc(C(C)(C)C)c1O. The van der Waals surface area contributed by atoms with E-state index in [4.69, 9.17) is 9.97 Å². The van der Waals surface area contributed by atoms with Crippen molar-refractivity contribution in [3.63, 3.8) is 0 Å². The molecule has 8 heteroatoms. The number of hydrogen-bond acceptors (Lipinski definition) is 6. The highest BCUT2D eigenvalue weighted by molar-refractivity contribution is 6.12. The lowest BCUT2D eigenvalue weighted by Gasteiger charge is -2.28. The third kappa shape index (κ3) is 12.4. The Labute approximate surface area is 592 Å². The van der Waals surface area contributed by atoms with Crippen LogP contribution in [0, 0.1) is 0 Å². The molecule has 514 valence electrons. The molecule has 0 unspecified atom stereocenters. The second-order valence-corrected chi connectivity index (χ2v) is 37.0. The van der Waals surface area contributed by atoms with Crippen molar-refractivity contribution >= 4 is 43.6 Å². The van der Waals surface area contributed by atoms with Crippen LogP contribution in [0.25, 0.3) is 133 Å². The molecule has 0 radical (unpaired) electrons. The lowest BCUT2D eigenvalue weighted by Crippen LogP contribution is -2.17. The predicted molar refractivity (Wildman–Crippen MR) is 423 cm³/mol. The maximum atomic E-state index is 12.0. The minimum Gasteiger partial charge on any atom is -0.507 e. The Bertz CT molecular complexity index is 4940. The molecule has 0 saturated carbocycles. The Morgan fingerprint density at radius 3 is 0.640 bits per heavy atom. The van der Waals surface area contributed by atoms with Gasteiger partial charge < -0.3 is 30.4 Å². The molecule has 0 fully saturated rings. The van der Waals surface area contributed by atoms with Crippen molar-refractivity contribution in [1.82, 2.24) is 19.9 Å². The summed E-state index contributed by atoms with van der Waals surface area (Å²) in [6, 6.07) is 53.0. The van der Waals surface area contributed by atoms with E-state index in [1.54, 1.807) is 0 Å². The van der Waals surface area contributed by atoms with Gasteiger partial charge >= 0.3 is 0 Å². The monoisotopic (exact) mass is 1330 g/mol. The zero-order valence-electron chi connectivity index (χ0n) is 63.5. The Hall–Kier alpha value is -9.40. The number of nitrogens with one attached hydrogen (secondary N) is 2. The van der Waals surface area contributed by atoms with Crippen LogP contribution in [0.15, 0.2) is 146 Å². The molecule has 11 aromatic rings. The molecule has 0 saturated heterocycles. The Balaban J connectivity index is 1.16. The van der Waals surface area contributed by atoms with Crippen LogP contribution in [0.5, 0.6) is 23.0 Å². The smallest absolute Gasteiger partial charge is 0.123 e. The fourth-order valence-corrected chi connectivity index (χ4v) is 15.0. The molecule has 0 aliphatic carbocycles. The second kappa shape index (κ2) is 23.1. The van der Waals surface area contributed by atoms with Crippen LogP contribution in [0.4, 0.5) is 0 Å². The predicted octanol–water partition coefficient (Wildman–Crippen LogP) is 25.2. The van der Waals surface area contributed by atoms with Crippen molar-refractivity contribution in [1.29, 1.82) is 0 Å². The highest BCUT2D eigenvalue weighted by Crippen LogP contribution is 2.51. The number of fused-ring (bicyclic) bond motifs is 20. The van der Waals surface area contributed by atoms with E-state index in [-0.39, 0.29) is 43.3 Å². The molecule has 5 heterocycles. The largest absolute Gasteiger partial charge is 0.507 e. The number of hydrogen-bond donors (Lipinski definition) is 6. The van der Waals surface area contributed by atoms with E-state index in [2.05, 4.69) is 322 Å². The summed E-state index contributed by atoms with van der Waals surface area (Å²) in [7, 11) is 0. The average Bonchev–Trinajstić information content (AvgIpc) is 1.37. The number of nitrogens with zero attached hydrogens (tertiary/aromatic N) is 2. The summed E-state index contributed by atoms with van der Waals surface area (Å²) >= 11 is 0. The number of phenolic OH excluding ortho intramolecular Hbond substituents is 4. The first-order valence-corrected chi connectivity index (χ1v) is 35.7. The molecular weight excluding hydrogens is 1230 g/mol. The van der Waals surface area contributed by atoms with Crippen LogP contribution >= 0.6 is 0 Å². The van der Waals surface area contributed by atoms with E-state index in [1.807, 2.05) is 0 Å². The van der Waals surface area contributed by atoms with Gasteiger partial charge in [0.2, 0.25) is 0 Å². The first-order chi connectivity index (χ1) is 46.2. The van der Waals surface area contributed by atoms with Gasteiger partial charge in [-0.3, -0.25) is 0 Å². The summed E-state index contributed by atoms with van der Waals surface area (Å²) < 4.78 is 0. The Kier molecular flexibility index (Phi) is 15.9. The average molecular weight is 1330 g/mol. The maximum Gasteiger partial charge on any atom is 0.123 e. The van der Waals surface area contributed by atoms with Crippen molar-refractivity contribution < 1.29 is 20.4 Å². The number of rotatable bonds is 4. The van der Waals surface area contributed by atoms with E-state index < -0.39 is 0 Å². The van der Waals surface area contributed by atoms with Gasteiger partial charge in [0.05, 0.1) is 22.8 Å². The van der Waals surface area contributed by atoms with Gasteiger partial charge in [-0.2, -0.15) is 0 Å². The molecule has 8 bridgehead atoms. The van der Waals surface area contributed by atoms with Crippen molar-refractivity contribution in [3.8, 4) is 113 Å². The molecule has 2 aliphatic rings. The van der Waals surface area contributed by atoms with E-state index in [1.165, 1.54) is 0 Å². The van der Waals surface area contributed by atoms with Gasteiger partial charge in [0.15, 0.2) is 0 Å². The summed E-state index contributed by atoms with van der Waals surface area (Å²) in [5.74, 6) is 1.37. The molecule has 0 atom stereocenters. The van der Waals surface area contributed by atoms with Gasteiger partial charge in [0, 0.05) is 110 Å². The standard InChI is InChI=1S/C92H102N4O4/c1-85(2,3)65-37-53(38-66(81(65)97)86(4,5)6)49-25-29-57-61(33-49)77-45-74-58-30-26-50(54-39-67(87(7,8)9)82(98)68(40-54)88(10,11)12)34-62(58)79(94-74)47-76-60-32-28-52(56-43-71(91(19,20)21)84(100)72(44-56)92(22,23)24)36-64(60)80(96-76)48-75-59-31-27-51(35-63(59)78(95-75)46-73(57)93-77)55-41-69(89(13,14)15)83(99)70(42-55)90(16,17)18/h25-48,93,96-100H,1-24H3. The number of H-pyrrole nitrogens is 2. The normalized spacial score (nSPS) is 13.4. The number of benzene rings is 8. The van der Waals surface area contributed by atoms with Gasteiger partial charge in [-0.25, -0.2) is 9.97 Å². The Morgan fingerprint density at radius 1 is 0.210 bits per heavy atom. The van der Waals surface area contributed by atoms with Crippen LogP contribution in [0.3, 0.4) is 0 Å². The van der Waals surface area contributed by atoms with Crippen molar-refractivity contribution in [2.45, 2.75) is 209 Å². The number of aromatic hydroxyl groups is 4. The summed E-state index contributed by atoms with van der Waals surface area (Å²) in [5.41, 5.74) is 23.4. The van der Waals surface area contributed by atoms with Gasteiger partial charge in [-0.15, -0.1) is 0 Å². The van der Waals surface area contributed by atoms with Crippen molar-refractivity contribution in [2.24, 2.45) is 0 Å². The third-order valence-corrected chi connectivity index (χ3v) is 20.7. The van der Waals surface area contributed by atoms with Gasteiger partial charge in [0.25, 0.3) is 0 Å². The fourth-order valence-electron chi connectivity index (χ4n) is 15.0. The van der Waals surface area contributed by atoms with Crippen LogP contribution in [-0.2, 0) is 43.3 Å². The highest BCUT2D eigenvalue weighted by Gasteiger charge is 2.33. The molecule has 13 rings (SSSR count). The quantitative estimate of drug-likeness (QED) is 0.104. The van der Waals surface area contributed by atoms with E-state index in [9.17, 15) is 20.4 Å². The zero-order chi connectivity index (χ0) is 72.6. The molecule has 8 nitrogen and oxygen atoms in total. The summed E-state index contributed by atoms with van der Waals surface area (Å²) in [4.78, 5) is 19.4. The lowest BCUT2D eigenvalue weighted by atomic mass is 9.77. The first-order valence-electron chi connectivity index (χ1n) is 35.7. The van der Waals surface area contributed by atoms with Crippen LogP contribution in [-0.4, -0.2) is 40.4 Å². The third-order valence-electron chi connectivity index (χ3n) is 20.7. The molecule has 100 heavy (non-hydrogen) atoms. The zero-order valence-corrected chi connectivity index (χ0v) is 63.5. The topological polar surface area (TPSA) is 138 Å². The molecule has 2 aliphatic heterocycles. The van der Waals surface area contributed by atoms with Crippen LogP contribution in [0.2, 0.25) is 0 Å². The number of aromatic nitrogens is 4. The minimum absolute atomic E-state index is 0.332. The Morgan fingerprint density at radius 2 is 0.410 bits per heavy atom. The van der Waals surface area contributed by atoms with E-state index in [0.717, 1.165) is 178 Å². The van der Waals surface area contributed by atoms with Crippen LogP contribution < -0.4 is 0 Å². The maximum absolute atomic E-state index is 12.0. The fraction of sp³-hybridized carbons (Fsp3) is 0.348. The number of phenols is 4. The summed E-state index contributed by atoms with van der Waals surface area (Å²) in [5, 5.41) is 52.0. The molecule has 0 amide bonds. The van der Waals surface area contributed by atoms with Gasteiger partial charge in [0.1, 0.15) is 23.0 Å². The van der Waals surface area contributed by atoms with E-state index >= 15 is 0 Å². The second-order valence-electron chi connectivity index (χ2n) is 37.0. The van der Waals surface area contributed by atoms with Crippen LogP contribution in [0.1, 0.15) is 211 Å². The minimum atomic E-state index is -0.333. The molecule has 0 spiro atoms. The molecule has 8 aromatic carbocycles. The highest BCUT2D eigenvalue weighted by atomic mass is 16.3. The van der Waals surface area contributed by atoms with E-state index in [0.29, 0.717) is 23.0 Å². The van der Waals surface area contributed by atoms with Crippen molar-refractivity contribution in [3.05, 3.63) is 190 Å². The first kappa shape index (κ1) is 69.1. The summed E-state index contributed by atoms with van der Waals surface area (Å²) in [6.45, 7) is 51.8. The molecule has 6 N–H and O–H groups in total. The molecule has 3 aromatic heterocycles. The lowest BCUT2D eigenvalue weighted by molar-refractivity contribution is 0.422. The molecular formula is C92H102N4O4. The van der Waals surface area contributed by atoms with Gasteiger partial charge in [-0.05, 0) is 185 Å². The van der Waals surface area contributed by atoms with Gasteiger partial charge in [-0.1, -0.05) is 215 Å². The van der Waals surface area contributed by atoms with Crippen molar-refractivity contribution in [2.75, 3.05) is 0 Å². The summed E-state index contributed by atoms with van der Waals surface area (Å²) in [6.07, 6.45) is 0. The number of aromatic amines is 2.